The summed E-state index contributed by atoms with van der Waals surface area (Å²) in [5.74, 6) is -0.166. The van der Waals surface area contributed by atoms with E-state index in [1.165, 1.54) is 12.3 Å². The maximum absolute atomic E-state index is 14.0. The third-order valence-corrected chi connectivity index (χ3v) is 7.01. The van der Waals surface area contributed by atoms with Gasteiger partial charge in [0.05, 0.1) is 30.7 Å². The van der Waals surface area contributed by atoms with Gasteiger partial charge >= 0.3 is 6.03 Å². The second kappa shape index (κ2) is 11.6. The fourth-order valence-corrected chi connectivity index (χ4v) is 4.94. The molecule has 13 nitrogen and oxygen atoms in total. The molecule has 0 aliphatic carbocycles. The molecule has 5 heterocycles. The number of hydrogen-bond donors (Lipinski definition) is 2. The SMILES string of the molecule is COCCN1C[C@@H](NC(=O)Nc2c(C)c(-c3cnc4c(cnn4C)n3)nn2-c2ccccc2)[C@H](c2ccnc(F)c2)O1. The van der Waals surface area contributed by atoms with Crippen LogP contribution < -0.4 is 10.6 Å². The van der Waals surface area contributed by atoms with Gasteiger partial charge in [0.15, 0.2) is 5.65 Å². The summed E-state index contributed by atoms with van der Waals surface area (Å²) in [7, 11) is 3.40. The number of carbonyl (C=O) groups is 1. The van der Waals surface area contributed by atoms with Gasteiger partial charge in [-0.15, -0.1) is 0 Å². The van der Waals surface area contributed by atoms with Crippen molar-refractivity contribution >= 4 is 23.0 Å². The van der Waals surface area contributed by atoms with Crippen LogP contribution in [-0.2, 0) is 16.6 Å². The van der Waals surface area contributed by atoms with Gasteiger partial charge in [0.1, 0.15) is 28.8 Å². The predicted molar refractivity (Wildman–Crippen MR) is 151 cm³/mol. The topological polar surface area (TPSA) is 137 Å². The molecule has 6 rings (SSSR count). The molecule has 42 heavy (non-hydrogen) atoms. The Labute approximate surface area is 240 Å². The molecular weight excluding hydrogens is 543 g/mol. The highest BCUT2D eigenvalue weighted by atomic mass is 19.1. The lowest BCUT2D eigenvalue weighted by Gasteiger charge is -2.19. The van der Waals surface area contributed by atoms with Crippen LogP contribution in [0.15, 0.2) is 61.1 Å². The summed E-state index contributed by atoms with van der Waals surface area (Å²) in [5, 5.41) is 16.7. The minimum Gasteiger partial charge on any atom is -0.383 e. The number of ether oxygens (including phenoxy) is 1. The maximum atomic E-state index is 14.0. The molecule has 14 heteroatoms. The zero-order valence-corrected chi connectivity index (χ0v) is 23.2. The number of aryl methyl sites for hydroxylation is 1. The number of nitrogens with one attached hydrogen (secondary N) is 2. The summed E-state index contributed by atoms with van der Waals surface area (Å²) < 4.78 is 22.4. The number of anilines is 1. The van der Waals surface area contributed by atoms with Crippen LogP contribution in [0, 0.1) is 12.9 Å². The van der Waals surface area contributed by atoms with Crippen molar-refractivity contribution in [2.75, 3.05) is 32.1 Å². The van der Waals surface area contributed by atoms with Gasteiger partial charge in [0.25, 0.3) is 0 Å². The summed E-state index contributed by atoms with van der Waals surface area (Å²) >= 11 is 0. The van der Waals surface area contributed by atoms with Crippen LogP contribution in [0.3, 0.4) is 0 Å². The molecule has 4 aromatic heterocycles. The van der Waals surface area contributed by atoms with Crippen molar-refractivity contribution in [2.24, 2.45) is 7.05 Å². The Morgan fingerprint density at radius 2 is 2.02 bits per heavy atom. The van der Waals surface area contributed by atoms with Crippen molar-refractivity contribution in [3.8, 4) is 17.1 Å². The number of benzene rings is 1. The Kier molecular flexibility index (Phi) is 7.56. The van der Waals surface area contributed by atoms with E-state index in [2.05, 4.69) is 25.7 Å². The largest absolute Gasteiger partial charge is 0.383 e. The molecule has 0 saturated carbocycles. The number of halogens is 1. The number of fused-ring (bicyclic) bond motifs is 1. The molecule has 1 saturated heterocycles. The normalized spacial score (nSPS) is 17.1. The number of urea groups is 1. The lowest BCUT2D eigenvalue weighted by atomic mass is 10.0. The van der Waals surface area contributed by atoms with E-state index in [1.807, 2.05) is 37.3 Å². The summed E-state index contributed by atoms with van der Waals surface area (Å²) in [6.45, 7) is 3.14. The minimum atomic E-state index is -0.628. The van der Waals surface area contributed by atoms with E-state index < -0.39 is 24.1 Å². The van der Waals surface area contributed by atoms with E-state index in [0.717, 1.165) is 5.69 Å². The first kappa shape index (κ1) is 27.4. The number of rotatable bonds is 8. The third kappa shape index (κ3) is 5.42. The summed E-state index contributed by atoms with van der Waals surface area (Å²) in [6.07, 6.45) is 4.04. The van der Waals surface area contributed by atoms with Crippen LogP contribution >= 0.6 is 0 Å². The molecular formula is C28H29FN10O3. The van der Waals surface area contributed by atoms with Gasteiger partial charge in [0.2, 0.25) is 5.95 Å². The number of amides is 2. The zero-order valence-electron chi connectivity index (χ0n) is 23.2. The monoisotopic (exact) mass is 572 g/mol. The van der Waals surface area contributed by atoms with Crippen LogP contribution in [0.25, 0.3) is 28.2 Å². The molecule has 0 spiro atoms. The second-order valence-corrected chi connectivity index (χ2v) is 9.83. The number of pyridine rings is 1. The number of carbonyl (C=O) groups excluding carboxylic acids is 1. The molecule has 1 fully saturated rings. The van der Waals surface area contributed by atoms with Gasteiger partial charge in [-0.25, -0.2) is 29.1 Å². The van der Waals surface area contributed by atoms with Crippen LogP contribution in [-0.4, -0.2) is 78.5 Å². The van der Waals surface area contributed by atoms with Crippen molar-refractivity contribution in [2.45, 2.75) is 19.1 Å². The summed E-state index contributed by atoms with van der Waals surface area (Å²) in [6, 6.07) is 11.5. The number of hydroxylamine groups is 2. The Morgan fingerprint density at radius 3 is 2.81 bits per heavy atom. The Morgan fingerprint density at radius 1 is 1.19 bits per heavy atom. The smallest absolute Gasteiger partial charge is 0.320 e. The van der Waals surface area contributed by atoms with Gasteiger partial charge in [-0.3, -0.25) is 10.2 Å². The van der Waals surface area contributed by atoms with Gasteiger partial charge in [-0.1, -0.05) is 18.2 Å². The molecule has 2 N–H and O–H groups in total. The Hall–Kier alpha value is -4.79. The van der Waals surface area contributed by atoms with E-state index in [4.69, 9.17) is 19.7 Å². The lowest BCUT2D eigenvalue weighted by molar-refractivity contribution is -0.154. The van der Waals surface area contributed by atoms with E-state index in [0.29, 0.717) is 59.2 Å². The molecule has 0 bridgehead atoms. The first-order valence-electron chi connectivity index (χ1n) is 13.3. The average molecular weight is 573 g/mol. The van der Waals surface area contributed by atoms with Crippen molar-refractivity contribution in [1.29, 1.82) is 0 Å². The fourth-order valence-electron chi connectivity index (χ4n) is 4.94. The summed E-state index contributed by atoms with van der Waals surface area (Å²) in [5.41, 5.74) is 4.40. The highest BCUT2D eigenvalue weighted by Crippen LogP contribution is 2.32. The quantitative estimate of drug-likeness (QED) is 0.269. The van der Waals surface area contributed by atoms with Crippen molar-refractivity contribution < 1.29 is 18.8 Å². The Balaban J connectivity index is 1.30. The van der Waals surface area contributed by atoms with E-state index in [1.54, 1.807) is 47.0 Å². The first-order valence-corrected chi connectivity index (χ1v) is 13.3. The van der Waals surface area contributed by atoms with Crippen molar-refractivity contribution in [3.05, 3.63) is 78.1 Å². The molecule has 2 amide bonds. The number of hydrogen-bond acceptors (Lipinski definition) is 9. The molecule has 1 aliphatic rings. The third-order valence-electron chi connectivity index (χ3n) is 7.01. The molecule has 2 atom stereocenters. The van der Waals surface area contributed by atoms with Gasteiger partial charge in [-0.05, 0) is 36.8 Å². The standard InChI is InChI=1S/C28H29FN10O3/c1-17-24(20-14-31-27-21(33-20)15-32-37(27)2)36-39(19-7-5-4-6-8-19)26(17)35-28(40)34-22-16-38(11-12-41-3)42-25(22)18-9-10-30-23(29)13-18/h4-10,13-15,22,25H,11-12,16H2,1-3H3,(H2,34,35,40)/t22-,25+/m1/s1. The highest BCUT2D eigenvalue weighted by molar-refractivity contribution is 5.91. The minimum absolute atomic E-state index is 0.369. The fraction of sp³-hybridized carbons (Fsp3) is 0.286. The highest BCUT2D eigenvalue weighted by Gasteiger charge is 2.37. The number of methoxy groups -OCH3 is 1. The van der Waals surface area contributed by atoms with Gasteiger partial charge in [0, 0.05) is 39.0 Å². The second-order valence-electron chi connectivity index (χ2n) is 9.83. The van der Waals surface area contributed by atoms with Crippen molar-refractivity contribution in [3.63, 3.8) is 0 Å². The number of aromatic nitrogens is 7. The lowest BCUT2D eigenvalue weighted by Crippen LogP contribution is -2.42. The van der Waals surface area contributed by atoms with Crippen LogP contribution in [0.4, 0.5) is 15.0 Å². The van der Waals surface area contributed by atoms with Gasteiger partial charge in [-0.2, -0.15) is 19.7 Å². The van der Waals surface area contributed by atoms with Crippen LogP contribution in [0.5, 0.6) is 0 Å². The molecule has 1 aromatic carbocycles. The molecule has 216 valence electrons. The van der Waals surface area contributed by atoms with E-state index in [9.17, 15) is 9.18 Å². The van der Waals surface area contributed by atoms with Crippen LogP contribution in [0.1, 0.15) is 17.2 Å². The number of para-hydroxylation sites is 1. The molecule has 0 unspecified atom stereocenters. The molecule has 5 aromatic rings. The summed E-state index contributed by atoms with van der Waals surface area (Å²) in [4.78, 5) is 32.4. The average Bonchev–Trinajstić information content (AvgIpc) is 3.67. The van der Waals surface area contributed by atoms with Crippen molar-refractivity contribution in [1.82, 2.24) is 44.9 Å². The zero-order chi connectivity index (χ0) is 29.2. The van der Waals surface area contributed by atoms with Crippen LogP contribution in [0.2, 0.25) is 0 Å². The van der Waals surface area contributed by atoms with E-state index in [-0.39, 0.29) is 0 Å². The maximum Gasteiger partial charge on any atom is 0.320 e. The molecule has 1 aliphatic heterocycles. The number of nitrogens with zero attached hydrogens (tertiary/aromatic N) is 8. The Bertz CT molecular complexity index is 1720. The van der Waals surface area contributed by atoms with E-state index >= 15 is 0 Å². The molecule has 0 radical (unpaired) electrons. The first-order chi connectivity index (χ1) is 20.4. The van der Waals surface area contributed by atoms with Gasteiger partial charge < -0.3 is 10.1 Å². The predicted octanol–water partition coefficient (Wildman–Crippen LogP) is 3.18.